The van der Waals surface area contributed by atoms with Gasteiger partial charge in [-0.25, -0.2) is 5.43 Å². The summed E-state index contributed by atoms with van der Waals surface area (Å²) in [5.74, 6) is 0.530. The molecule has 0 bridgehead atoms. The molecule has 3 aromatic carbocycles. The molecule has 3 rings (SSSR count). The van der Waals surface area contributed by atoms with Crippen molar-refractivity contribution in [2.24, 2.45) is 5.10 Å². The molecule has 0 aliphatic rings. The van der Waals surface area contributed by atoms with Gasteiger partial charge in [-0.3, -0.25) is 9.59 Å². The van der Waals surface area contributed by atoms with Crippen LogP contribution in [0.3, 0.4) is 0 Å². The SMILES string of the molecule is CCOc1cc(C=NNC(=O)CCC(=O)Nc2ccccc2Cl)ccc1OCc1ccc(C)cc1. The van der Waals surface area contributed by atoms with Crippen LogP contribution >= 0.6 is 11.6 Å². The van der Waals surface area contributed by atoms with Crippen LogP contribution in [0.25, 0.3) is 0 Å². The van der Waals surface area contributed by atoms with Gasteiger partial charge in [-0.2, -0.15) is 5.10 Å². The lowest BCUT2D eigenvalue weighted by molar-refractivity contribution is -0.124. The standard InChI is InChI=1S/C27H28ClN3O4/c1-3-34-25-16-21(12-13-24(25)35-18-20-10-8-19(2)9-11-20)17-29-31-27(33)15-14-26(32)30-23-7-5-4-6-22(23)28/h4-13,16-17H,3,14-15,18H2,1-2H3,(H,30,32)(H,31,33). The molecule has 0 aliphatic heterocycles. The molecule has 0 spiro atoms. The number of hydrazone groups is 1. The van der Waals surface area contributed by atoms with E-state index in [1.54, 1.807) is 36.4 Å². The summed E-state index contributed by atoms with van der Waals surface area (Å²) in [4.78, 5) is 24.1. The molecule has 7 nitrogen and oxygen atoms in total. The number of benzene rings is 3. The number of ether oxygens (including phenoxy) is 2. The number of para-hydroxylation sites is 1. The first kappa shape index (κ1) is 25.8. The molecule has 2 amide bonds. The van der Waals surface area contributed by atoms with Crippen LogP contribution in [0.15, 0.2) is 71.8 Å². The van der Waals surface area contributed by atoms with Crippen LogP contribution in [-0.4, -0.2) is 24.6 Å². The Morgan fingerprint density at radius 1 is 0.943 bits per heavy atom. The molecular formula is C27H28ClN3O4. The molecule has 0 saturated heterocycles. The van der Waals surface area contributed by atoms with Gasteiger partial charge in [-0.05, 0) is 55.3 Å². The number of nitrogens with one attached hydrogen (secondary N) is 2. The first-order valence-corrected chi connectivity index (χ1v) is 11.6. The summed E-state index contributed by atoms with van der Waals surface area (Å²) in [6, 6.07) is 20.5. The maximum Gasteiger partial charge on any atom is 0.240 e. The normalized spacial score (nSPS) is 10.7. The number of nitrogens with zero attached hydrogens (tertiary/aromatic N) is 1. The summed E-state index contributed by atoms with van der Waals surface area (Å²) in [5, 5.41) is 7.09. The van der Waals surface area contributed by atoms with E-state index in [2.05, 4.69) is 15.8 Å². The zero-order valence-corrected chi connectivity index (χ0v) is 20.5. The molecule has 0 fully saturated rings. The quantitative estimate of drug-likeness (QED) is 0.273. The van der Waals surface area contributed by atoms with E-state index in [0.29, 0.717) is 35.4 Å². The highest BCUT2D eigenvalue weighted by molar-refractivity contribution is 6.33. The largest absolute Gasteiger partial charge is 0.490 e. The predicted molar refractivity (Wildman–Crippen MR) is 138 cm³/mol. The fourth-order valence-corrected chi connectivity index (χ4v) is 3.26. The van der Waals surface area contributed by atoms with Gasteiger partial charge in [0.15, 0.2) is 11.5 Å². The highest BCUT2D eigenvalue weighted by Gasteiger charge is 2.09. The van der Waals surface area contributed by atoms with Gasteiger partial charge in [0.2, 0.25) is 11.8 Å². The second kappa shape index (κ2) is 13.2. The summed E-state index contributed by atoms with van der Waals surface area (Å²) in [7, 11) is 0. The Bertz CT molecular complexity index is 1180. The minimum Gasteiger partial charge on any atom is -0.490 e. The Kier molecular flexibility index (Phi) is 9.69. The Morgan fingerprint density at radius 3 is 2.43 bits per heavy atom. The molecule has 0 aliphatic carbocycles. The lowest BCUT2D eigenvalue weighted by Gasteiger charge is -2.12. The lowest BCUT2D eigenvalue weighted by atomic mass is 10.2. The van der Waals surface area contributed by atoms with Crippen LogP contribution in [0, 0.1) is 6.92 Å². The van der Waals surface area contributed by atoms with E-state index in [-0.39, 0.29) is 24.7 Å². The van der Waals surface area contributed by atoms with Gasteiger partial charge in [0.1, 0.15) is 6.61 Å². The number of carbonyl (C=O) groups excluding carboxylic acids is 2. The van der Waals surface area contributed by atoms with Crippen LogP contribution in [0.4, 0.5) is 5.69 Å². The van der Waals surface area contributed by atoms with Crippen LogP contribution in [0.5, 0.6) is 11.5 Å². The third-order valence-corrected chi connectivity index (χ3v) is 5.24. The average molecular weight is 494 g/mol. The smallest absolute Gasteiger partial charge is 0.240 e. The minimum absolute atomic E-state index is 0.00802. The number of aryl methyl sites for hydroxylation is 1. The van der Waals surface area contributed by atoms with Crippen molar-refractivity contribution >= 4 is 35.3 Å². The summed E-state index contributed by atoms with van der Waals surface area (Å²) in [6.45, 7) is 4.84. The average Bonchev–Trinajstić information content (AvgIpc) is 2.85. The Balaban J connectivity index is 1.49. The molecule has 2 N–H and O–H groups in total. The van der Waals surface area contributed by atoms with Crippen molar-refractivity contribution in [1.29, 1.82) is 0 Å². The van der Waals surface area contributed by atoms with Gasteiger partial charge < -0.3 is 14.8 Å². The number of hydrogen-bond donors (Lipinski definition) is 2. The Morgan fingerprint density at radius 2 is 1.69 bits per heavy atom. The molecule has 0 radical (unpaired) electrons. The maximum absolute atomic E-state index is 12.0. The van der Waals surface area contributed by atoms with Crippen molar-refractivity contribution in [2.75, 3.05) is 11.9 Å². The zero-order valence-electron chi connectivity index (χ0n) is 19.7. The molecule has 0 saturated carbocycles. The van der Waals surface area contributed by atoms with Crippen molar-refractivity contribution in [3.63, 3.8) is 0 Å². The first-order chi connectivity index (χ1) is 16.9. The molecule has 0 heterocycles. The summed E-state index contributed by atoms with van der Waals surface area (Å²) in [5.41, 5.74) is 5.93. The Labute approximate surface area is 210 Å². The Hall–Kier alpha value is -3.84. The van der Waals surface area contributed by atoms with Gasteiger partial charge in [0.25, 0.3) is 0 Å². The fraction of sp³-hybridized carbons (Fsp3) is 0.222. The second-order valence-corrected chi connectivity index (χ2v) is 8.14. The van der Waals surface area contributed by atoms with Crippen molar-refractivity contribution in [3.05, 3.63) is 88.4 Å². The number of amides is 2. The molecule has 0 aromatic heterocycles. The molecule has 8 heteroatoms. The molecule has 182 valence electrons. The molecular weight excluding hydrogens is 466 g/mol. The third kappa shape index (κ3) is 8.46. The molecule has 3 aromatic rings. The van der Waals surface area contributed by atoms with Crippen LogP contribution in [-0.2, 0) is 16.2 Å². The first-order valence-electron chi connectivity index (χ1n) is 11.3. The summed E-state index contributed by atoms with van der Waals surface area (Å²) >= 11 is 6.02. The van der Waals surface area contributed by atoms with Crippen molar-refractivity contribution in [3.8, 4) is 11.5 Å². The van der Waals surface area contributed by atoms with Crippen molar-refractivity contribution in [2.45, 2.75) is 33.3 Å². The number of anilines is 1. The van der Waals surface area contributed by atoms with Gasteiger partial charge in [-0.1, -0.05) is 53.6 Å². The summed E-state index contributed by atoms with van der Waals surface area (Å²) in [6.07, 6.45) is 1.51. The number of hydrogen-bond acceptors (Lipinski definition) is 5. The predicted octanol–water partition coefficient (Wildman–Crippen LogP) is 5.50. The molecule has 0 atom stereocenters. The van der Waals surface area contributed by atoms with Gasteiger partial charge in [0.05, 0.1) is 23.5 Å². The topological polar surface area (TPSA) is 89.0 Å². The van der Waals surface area contributed by atoms with Crippen molar-refractivity contribution < 1.29 is 19.1 Å². The van der Waals surface area contributed by atoms with E-state index < -0.39 is 0 Å². The molecule has 0 unspecified atom stereocenters. The minimum atomic E-state index is -0.376. The van der Waals surface area contributed by atoms with E-state index in [0.717, 1.165) is 11.1 Å². The second-order valence-electron chi connectivity index (χ2n) is 7.73. The maximum atomic E-state index is 12.0. The fourth-order valence-electron chi connectivity index (χ4n) is 3.07. The van der Waals surface area contributed by atoms with Crippen LogP contribution in [0.2, 0.25) is 5.02 Å². The highest BCUT2D eigenvalue weighted by Crippen LogP contribution is 2.29. The monoisotopic (exact) mass is 493 g/mol. The molecule has 35 heavy (non-hydrogen) atoms. The number of rotatable bonds is 11. The number of carbonyl (C=O) groups is 2. The van der Waals surface area contributed by atoms with E-state index in [4.69, 9.17) is 21.1 Å². The van der Waals surface area contributed by atoms with E-state index in [1.165, 1.54) is 11.8 Å². The van der Waals surface area contributed by atoms with Crippen molar-refractivity contribution in [1.82, 2.24) is 5.43 Å². The van der Waals surface area contributed by atoms with Crippen LogP contribution < -0.4 is 20.2 Å². The van der Waals surface area contributed by atoms with E-state index in [1.807, 2.05) is 44.2 Å². The van der Waals surface area contributed by atoms with E-state index >= 15 is 0 Å². The summed E-state index contributed by atoms with van der Waals surface area (Å²) < 4.78 is 11.6. The van der Waals surface area contributed by atoms with Gasteiger partial charge in [0, 0.05) is 12.8 Å². The van der Waals surface area contributed by atoms with Crippen LogP contribution in [0.1, 0.15) is 36.5 Å². The lowest BCUT2D eigenvalue weighted by Crippen LogP contribution is -2.20. The van der Waals surface area contributed by atoms with Gasteiger partial charge in [-0.15, -0.1) is 0 Å². The van der Waals surface area contributed by atoms with Gasteiger partial charge >= 0.3 is 0 Å². The third-order valence-electron chi connectivity index (χ3n) is 4.91. The number of halogens is 1. The zero-order chi connectivity index (χ0) is 25.0. The highest BCUT2D eigenvalue weighted by atomic mass is 35.5. The van der Waals surface area contributed by atoms with E-state index in [9.17, 15) is 9.59 Å².